The van der Waals surface area contributed by atoms with Crippen LogP contribution in [0.5, 0.6) is 0 Å². The third kappa shape index (κ3) is 3.84. The Morgan fingerprint density at radius 1 is 1.23 bits per heavy atom. The quantitative estimate of drug-likeness (QED) is 0.596. The molecule has 0 aliphatic carbocycles. The van der Waals surface area contributed by atoms with E-state index in [4.69, 9.17) is 0 Å². The monoisotopic (exact) mass is 429 g/mol. The van der Waals surface area contributed by atoms with Crippen LogP contribution in [0.15, 0.2) is 30.6 Å². The SMILES string of the molecule is Cc1nn([C@H]2CCS(=O)(=O)C2)c(C)c1CN(C)C(=O)c1ccc(-n2cnnn2)cc1. The number of carbonyl (C=O) groups excluding carboxylic acids is 1. The van der Waals surface area contributed by atoms with Gasteiger partial charge in [0.15, 0.2) is 9.84 Å². The van der Waals surface area contributed by atoms with Crippen molar-refractivity contribution in [3.05, 3.63) is 53.1 Å². The molecule has 3 heterocycles. The predicted molar refractivity (Wildman–Crippen MR) is 109 cm³/mol. The third-order valence-corrected chi connectivity index (χ3v) is 7.25. The van der Waals surface area contributed by atoms with Gasteiger partial charge in [-0.05, 0) is 55.0 Å². The molecule has 0 radical (unpaired) electrons. The van der Waals surface area contributed by atoms with Crippen LogP contribution in [0.4, 0.5) is 0 Å². The van der Waals surface area contributed by atoms with E-state index in [1.54, 1.807) is 36.2 Å². The summed E-state index contributed by atoms with van der Waals surface area (Å²) in [7, 11) is -1.25. The fourth-order valence-corrected chi connectivity index (χ4v) is 5.51. The number of nitrogens with zero attached hydrogens (tertiary/aromatic N) is 7. The van der Waals surface area contributed by atoms with Gasteiger partial charge in [-0.15, -0.1) is 5.10 Å². The van der Waals surface area contributed by atoms with Crippen LogP contribution >= 0.6 is 0 Å². The summed E-state index contributed by atoms with van der Waals surface area (Å²) >= 11 is 0. The first kappa shape index (κ1) is 20.2. The highest BCUT2D eigenvalue weighted by Gasteiger charge is 2.31. The zero-order valence-electron chi connectivity index (χ0n) is 17.1. The van der Waals surface area contributed by atoms with Crippen LogP contribution in [0.2, 0.25) is 0 Å². The first-order chi connectivity index (χ1) is 14.2. The lowest BCUT2D eigenvalue weighted by molar-refractivity contribution is 0.0784. The van der Waals surface area contributed by atoms with Crippen molar-refractivity contribution in [3.63, 3.8) is 0 Å². The number of aryl methyl sites for hydroxylation is 1. The molecule has 0 saturated carbocycles. The molecule has 1 aromatic carbocycles. The van der Waals surface area contributed by atoms with Crippen LogP contribution in [0.1, 0.15) is 39.8 Å². The van der Waals surface area contributed by atoms with Gasteiger partial charge in [0.25, 0.3) is 5.91 Å². The zero-order valence-corrected chi connectivity index (χ0v) is 17.9. The second-order valence-electron chi connectivity index (χ2n) is 7.61. The Balaban J connectivity index is 1.50. The maximum Gasteiger partial charge on any atom is 0.253 e. The molecule has 3 aromatic rings. The van der Waals surface area contributed by atoms with Crippen LogP contribution in [-0.4, -0.2) is 67.8 Å². The second-order valence-corrected chi connectivity index (χ2v) is 9.84. The number of amides is 1. The van der Waals surface area contributed by atoms with Gasteiger partial charge in [-0.1, -0.05) is 0 Å². The molecule has 4 rings (SSSR count). The van der Waals surface area contributed by atoms with E-state index < -0.39 is 9.84 Å². The van der Waals surface area contributed by atoms with E-state index in [9.17, 15) is 13.2 Å². The fourth-order valence-electron chi connectivity index (χ4n) is 3.82. The summed E-state index contributed by atoms with van der Waals surface area (Å²) in [5, 5.41) is 15.6. The van der Waals surface area contributed by atoms with E-state index >= 15 is 0 Å². The molecule has 30 heavy (non-hydrogen) atoms. The van der Waals surface area contributed by atoms with Gasteiger partial charge in [0.2, 0.25) is 0 Å². The molecular formula is C19H23N7O3S. The van der Waals surface area contributed by atoms with Gasteiger partial charge in [0.05, 0.1) is 28.9 Å². The zero-order chi connectivity index (χ0) is 21.5. The standard InChI is InChI=1S/C19H23N7O3S/c1-13-18(14(2)26(21-13)17-8-9-30(28,29)11-17)10-24(3)19(27)15-4-6-16(7-5-15)25-12-20-22-23-25/h4-7,12,17H,8-11H2,1-3H3/t17-/m0/s1. The lowest BCUT2D eigenvalue weighted by atomic mass is 10.1. The molecule has 1 atom stereocenters. The van der Waals surface area contributed by atoms with Crippen molar-refractivity contribution in [2.24, 2.45) is 0 Å². The van der Waals surface area contributed by atoms with Crippen molar-refractivity contribution >= 4 is 15.7 Å². The number of rotatable bonds is 5. The first-order valence-corrected chi connectivity index (χ1v) is 11.4. The van der Waals surface area contributed by atoms with Crippen molar-refractivity contribution < 1.29 is 13.2 Å². The predicted octanol–water partition coefficient (Wildman–Crippen LogP) is 1.11. The van der Waals surface area contributed by atoms with Crippen molar-refractivity contribution in [2.75, 3.05) is 18.6 Å². The fraction of sp³-hybridized carbons (Fsp3) is 0.421. The summed E-state index contributed by atoms with van der Waals surface area (Å²) in [6, 6.07) is 6.91. The first-order valence-electron chi connectivity index (χ1n) is 9.59. The van der Waals surface area contributed by atoms with E-state index in [0.29, 0.717) is 18.5 Å². The summed E-state index contributed by atoms with van der Waals surface area (Å²) < 4.78 is 27.0. The molecule has 10 nitrogen and oxygen atoms in total. The Labute approximate surface area is 174 Å². The molecule has 11 heteroatoms. The Morgan fingerprint density at radius 2 is 1.97 bits per heavy atom. The summed E-state index contributed by atoms with van der Waals surface area (Å²) in [6.07, 6.45) is 2.06. The number of hydrogen-bond donors (Lipinski definition) is 0. The van der Waals surface area contributed by atoms with E-state index in [2.05, 4.69) is 20.6 Å². The van der Waals surface area contributed by atoms with Gasteiger partial charge in [-0.2, -0.15) is 5.10 Å². The van der Waals surface area contributed by atoms with Crippen LogP contribution in [0, 0.1) is 13.8 Å². The lowest BCUT2D eigenvalue weighted by Crippen LogP contribution is -2.26. The van der Waals surface area contributed by atoms with Crippen molar-refractivity contribution in [1.82, 2.24) is 34.9 Å². The molecule has 0 bridgehead atoms. The molecule has 0 spiro atoms. The minimum Gasteiger partial charge on any atom is -0.337 e. The molecule has 0 N–H and O–H groups in total. The van der Waals surface area contributed by atoms with E-state index in [0.717, 1.165) is 22.6 Å². The van der Waals surface area contributed by atoms with Gasteiger partial charge in [0.1, 0.15) is 6.33 Å². The molecular weight excluding hydrogens is 406 g/mol. The Morgan fingerprint density at radius 3 is 2.57 bits per heavy atom. The van der Waals surface area contributed by atoms with Gasteiger partial charge in [0, 0.05) is 30.4 Å². The van der Waals surface area contributed by atoms with E-state index in [1.807, 2.05) is 18.5 Å². The van der Waals surface area contributed by atoms with E-state index in [-0.39, 0.29) is 23.5 Å². The van der Waals surface area contributed by atoms with Crippen molar-refractivity contribution in [3.8, 4) is 5.69 Å². The molecule has 0 unspecified atom stereocenters. The highest BCUT2D eigenvalue weighted by Crippen LogP contribution is 2.27. The maximum absolute atomic E-state index is 12.9. The van der Waals surface area contributed by atoms with Crippen LogP contribution in [-0.2, 0) is 16.4 Å². The normalized spacial score (nSPS) is 17.9. The average molecular weight is 430 g/mol. The summed E-state index contributed by atoms with van der Waals surface area (Å²) in [6.45, 7) is 4.21. The minimum absolute atomic E-state index is 0.117. The Kier molecular flexibility index (Phi) is 5.14. The van der Waals surface area contributed by atoms with Crippen LogP contribution in [0.25, 0.3) is 5.69 Å². The van der Waals surface area contributed by atoms with Gasteiger partial charge in [-0.3, -0.25) is 9.48 Å². The van der Waals surface area contributed by atoms with Crippen molar-refractivity contribution in [1.29, 1.82) is 0 Å². The van der Waals surface area contributed by atoms with Gasteiger partial charge >= 0.3 is 0 Å². The number of benzene rings is 1. The summed E-state index contributed by atoms with van der Waals surface area (Å²) in [4.78, 5) is 14.5. The molecule has 2 aromatic heterocycles. The number of tetrazole rings is 1. The summed E-state index contributed by atoms with van der Waals surface area (Å²) in [5.41, 5.74) is 3.98. The largest absolute Gasteiger partial charge is 0.337 e. The van der Waals surface area contributed by atoms with Crippen molar-refractivity contribution in [2.45, 2.75) is 32.9 Å². The summed E-state index contributed by atoms with van der Waals surface area (Å²) in [5.74, 6) is 0.203. The highest BCUT2D eigenvalue weighted by atomic mass is 32.2. The molecule has 158 valence electrons. The maximum atomic E-state index is 12.9. The second kappa shape index (κ2) is 7.63. The smallest absolute Gasteiger partial charge is 0.253 e. The third-order valence-electron chi connectivity index (χ3n) is 5.50. The lowest BCUT2D eigenvalue weighted by Gasteiger charge is -2.18. The molecule has 1 amide bonds. The minimum atomic E-state index is -3.00. The molecule has 1 saturated heterocycles. The van der Waals surface area contributed by atoms with Crippen LogP contribution < -0.4 is 0 Å². The van der Waals surface area contributed by atoms with Gasteiger partial charge < -0.3 is 4.90 Å². The molecule has 1 fully saturated rings. The average Bonchev–Trinajstić information content (AvgIpc) is 3.43. The Hall–Kier alpha value is -3.08. The van der Waals surface area contributed by atoms with E-state index in [1.165, 1.54) is 11.0 Å². The highest BCUT2D eigenvalue weighted by molar-refractivity contribution is 7.91. The van der Waals surface area contributed by atoms with Gasteiger partial charge in [-0.25, -0.2) is 13.1 Å². The number of sulfone groups is 1. The topological polar surface area (TPSA) is 116 Å². The Bertz CT molecular complexity index is 1170. The number of carbonyl (C=O) groups is 1. The number of hydrogen-bond acceptors (Lipinski definition) is 7. The molecule has 1 aliphatic rings. The molecule has 1 aliphatic heterocycles. The van der Waals surface area contributed by atoms with Crippen LogP contribution in [0.3, 0.4) is 0 Å². The number of aromatic nitrogens is 6.